The lowest BCUT2D eigenvalue weighted by atomic mass is 9.88. The van der Waals surface area contributed by atoms with Gasteiger partial charge in [-0.15, -0.1) is 0 Å². The highest BCUT2D eigenvalue weighted by Crippen LogP contribution is 2.33. The minimum absolute atomic E-state index is 0.0229. The highest BCUT2D eigenvalue weighted by molar-refractivity contribution is 5.68. The Labute approximate surface area is 109 Å². The largest absolute Gasteiger partial charge is 0.444 e. The SMILES string of the molecule is CC(C)(C)OC(=O)N[C@@H]1COC2(CCNCC2)C1. The molecule has 2 heterocycles. The number of rotatable bonds is 1. The summed E-state index contributed by atoms with van der Waals surface area (Å²) in [6, 6.07) is 0.0814. The number of ether oxygens (including phenoxy) is 2. The fraction of sp³-hybridized carbons (Fsp3) is 0.923. The van der Waals surface area contributed by atoms with Crippen molar-refractivity contribution in [2.45, 2.75) is 57.3 Å². The molecular weight excluding hydrogens is 232 g/mol. The Morgan fingerprint density at radius 2 is 2.06 bits per heavy atom. The zero-order chi connectivity index (χ0) is 13.2. The summed E-state index contributed by atoms with van der Waals surface area (Å²) in [5.41, 5.74) is -0.471. The molecule has 0 aliphatic carbocycles. The number of piperidine rings is 1. The van der Waals surface area contributed by atoms with Crippen LogP contribution >= 0.6 is 0 Å². The molecule has 2 N–H and O–H groups in total. The van der Waals surface area contributed by atoms with Gasteiger partial charge in [-0.3, -0.25) is 0 Å². The third-order valence-electron chi connectivity index (χ3n) is 3.44. The maximum atomic E-state index is 11.7. The molecule has 0 bridgehead atoms. The van der Waals surface area contributed by atoms with Crippen LogP contribution in [0.4, 0.5) is 4.79 Å². The Bertz CT molecular complexity index is 306. The number of hydrogen-bond acceptors (Lipinski definition) is 4. The second-order valence-corrected chi connectivity index (χ2v) is 6.29. The first-order valence-corrected chi connectivity index (χ1v) is 6.73. The monoisotopic (exact) mass is 256 g/mol. The molecule has 0 aromatic rings. The van der Waals surface area contributed by atoms with Crippen LogP contribution in [0.3, 0.4) is 0 Å². The van der Waals surface area contributed by atoms with Crippen LogP contribution in [0, 0.1) is 0 Å². The van der Waals surface area contributed by atoms with Crippen molar-refractivity contribution in [3.63, 3.8) is 0 Å². The van der Waals surface area contributed by atoms with E-state index >= 15 is 0 Å². The predicted octanol–water partition coefficient (Wildman–Crippen LogP) is 1.42. The Morgan fingerprint density at radius 1 is 1.39 bits per heavy atom. The molecule has 2 rings (SSSR count). The van der Waals surface area contributed by atoms with Gasteiger partial charge in [0.2, 0.25) is 0 Å². The van der Waals surface area contributed by atoms with Crippen molar-refractivity contribution >= 4 is 6.09 Å². The molecule has 2 aliphatic heterocycles. The minimum Gasteiger partial charge on any atom is -0.444 e. The smallest absolute Gasteiger partial charge is 0.407 e. The van der Waals surface area contributed by atoms with Crippen LogP contribution in [0.1, 0.15) is 40.0 Å². The van der Waals surface area contributed by atoms with Crippen molar-refractivity contribution in [2.24, 2.45) is 0 Å². The van der Waals surface area contributed by atoms with Gasteiger partial charge >= 0.3 is 6.09 Å². The second kappa shape index (κ2) is 5.05. The molecule has 5 nitrogen and oxygen atoms in total. The van der Waals surface area contributed by atoms with Gasteiger partial charge in [-0.1, -0.05) is 0 Å². The zero-order valence-electron chi connectivity index (χ0n) is 11.5. The van der Waals surface area contributed by atoms with Gasteiger partial charge in [-0.05, 0) is 53.1 Å². The first-order chi connectivity index (χ1) is 8.39. The molecule has 1 atom stereocenters. The maximum Gasteiger partial charge on any atom is 0.407 e. The summed E-state index contributed by atoms with van der Waals surface area (Å²) in [4.78, 5) is 11.7. The van der Waals surface area contributed by atoms with Gasteiger partial charge in [-0.2, -0.15) is 0 Å². The highest BCUT2D eigenvalue weighted by atomic mass is 16.6. The minimum atomic E-state index is -0.448. The Balaban J connectivity index is 1.80. The summed E-state index contributed by atoms with van der Waals surface area (Å²) in [5.74, 6) is 0. The molecule has 1 spiro atoms. The van der Waals surface area contributed by atoms with E-state index in [0.717, 1.165) is 32.4 Å². The summed E-state index contributed by atoms with van der Waals surface area (Å²) in [7, 11) is 0. The number of nitrogens with one attached hydrogen (secondary N) is 2. The van der Waals surface area contributed by atoms with Crippen molar-refractivity contribution in [1.29, 1.82) is 0 Å². The predicted molar refractivity (Wildman–Crippen MR) is 68.6 cm³/mol. The van der Waals surface area contributed by atoms with Gasteiger partial charge in [0, 0.05) is 0 Å². The lowest BCUT2D eigenvalue weighted by Crippen LogP contribution is -2.43. The highest BCUT2D eigenvalue weighted by Gasteiger charge is 2.41. The van der Waals surface area contributed by atoms with E-state index in [9.17, 15) is 4.79 Å². The van der Waals surface area contributed by atoms with Crippen molar-refractivity contribution < 1.29 is 14.3 Å². The normalized spacial score (nSPS) is 27.2. The third-order valence-corrected chi connectivity index (χ3v) is 3.44. The van der Waals surface area contributed by atoms with Crippen LogP contribution in [-0.2, 0) is 9.47 Å². The first-order valence-electron chi connectivity index (χ1n) is 6.73. The average Bonchev–Trinajstić information content (AvgIpc) is 2.59. The number of carbonyl (C=O) groups is 1. The van der Waals surface area contributed by atoms with Gasteiger partial charge in [0.05, 0.1) is 18.2 Å². The number of amides is 1. The first kappa shape index (κ1) is 13.6. The van der Waals surface area contributed by atoms with Gasteiger partial charge in [0.1, 0.15) is 5.60 Å². The van der Waals surface area contributed by atoms with Crippen LogP contribution in [0.5, 0.6) is 0 Å². The summed E-state index contributed by atoms with van der Waals surface area (Å²) in [5, 5.41) is 6.23. The van der Waals surface area contributed by atoms with Crippen LogP contribution in [0.25, 0.3) is 0 Å². The molecule has 5 heteroatoms. The number of carbonyl (C=O) groups excluding carboxylic acids is 1. The van der Waals surface area contributed by atoms with Crippen LogP contribution < -0.4 is 10.6 Å². The maximum absolute atomic E-state index is 11.7. The quantitative estimate of drug-likeness (QED) is 0.745. The molecule has 0 saturated carbocycles. The lowest BCUT2D eigenvalue weighted by Gasteiger charge is -2.32. The fourth-order valence-corrected chi connectivity index (χ4v) is 2.64. The van der Waals surface area contributed by atoms with Gasteiger partial charge in [-0.25, -0.2) is 4.79 Å². The number of hydrogen-bond donors (Lipinski definition) is 2. The van der Waals surface area contributed by atoms with Crippen molar-refractivity contribution in [3.05, 3.63) is 0 Å². The van der Waals surface area contributed by atoms with E-state index in [1.54, 1.807) is 0 Å². The molecule has 1 amide bonds. The van der Waals surface area contributed by atoms with E-state index in [1.165, 1.54) is 0 Å². The zero-order valence-corrected chi connectivity index (χ0v) is 11.5. The molecule has 0 unspecified atom stereocenters. The summed E-state index contributed by atoms with van der Waals surface area (Å²) in [6.07, 6.45) is 2.61. The van der Waals surface area contributed by atoms with Gasteiger partial charge in [0.25, 0.3) is 0 Å². The van der Waals surface area contributed by atoms with E-state index in [4.69, 9.17) is 9.47 Å². The van der Waals surface area contributed by atoms with Gasteiger partial charge < -0.3 is 20.1 Å². The number of alkyl carbamates (subject to hydrolysis) is 1. The van der Waals surface area contributed by atoms with Gasteiger partial charge in [0.15, 0.2) is 0 Å². The molecule has 0 aromatic heterocycles. The molecule has 104 valence electrons. The van der Waals surface area contributed by atoms with E-state index in [0.29, 0.717) is 6.61 Å². The van der Waals surface area contributed by atoms with Crippen LogP contribution in [-0.4, -0.2) is 43.0 Å². The van der Waals surface area contributed by atoms with Crippen molar-refractivity contribution in [3.8, 4) is 0 Å². The van der Waals surface area contributed by atoms with E-state index < -0.39 is 5.60 Å². The lowest BCUT2D eigenvalue weighted by molar-refractivity contribution is -0.0195. The van der Waals surface area contributed by atoms with Crippen LogP contribution in [0.15, 0.2) is 0 Å². The van der Waals surface area contributed by atoms with Crippen molar-refractivity contribution in [1.82, 2.24) is 10.6 Å². The van der Waals surface area contributed by atoms with E-state index in [-0.39, 0.29) is 17.7 Å². The molecular formula is C13H24N2O3. The van der Waals surface area contributed by atoms with E-state index in [2.05, 4.69) is 10.6 Å². The second-order valence-electron chi connectivity index (χ2n) is 6.29. The Hall–Kier alpha value is -0.810. The standard InChI is InChI=1S/C13H24N2O3/c1-12(2,3)18-11(16)15-10-8-13(17-9-10)4-6-14-7-5-13/h10,14H,4-9H2,1-3H3,(H,15,16)/t10-/m0/s1. The molecule has 0 aromatic carbocycles. The van der Waals surface area contributed by atoms with Crippen LogP contribution in [0.2, 0.25) is 0 Å². The van der Waals surface area contributed by atoms with Crippen molar-refractivity contribution in [2.75, 3.05) is 19.7 Å². The average molecular weight is 256 g/mol. The Morgan fingerprint density at radius 3 is 2.67 bits per heavy atom. The molecule has 0 radical (unpaired) electrons. The summed E-state index contributed by atoms with van der Waals surface area (Å²) in [6.45, 7) is 8.20. The molecule has 2 fully saturated rings. The summed E-state index contributed by atoms with van der Waals surface area (Å²) < 4.78 is 11.2. The molecule has 2 aliphatic rings. The summed E-state index contributed by atoms with van der Waals surface area (Å²) >= 11 is 0. The third kappa shape index (κ3) is 3.59. The topological polar surface area (TPSA) is 59.6 Å². The Kier molecular flexibility index (Phi) is 3.82. The molecule has 18 heavy (non-hydrogen) atoms. The molecule has 2 saturated heterocycles. The fourth-order valence-electron chi connectivity index (χ4n) is 2.64. The van der Waals surface area contributed by atoms with E-state index in [1.807, 2.05) is 20.8 Å².